The van der Waals surface area contributed by atoms with E-state index in [4.69, 9.17) is 4.74 Å². The molecule has 0 aromatic carbocycles. The van der Waals surface area contributed by atoms with Crippen molar-refractivity contribution in [2.24, 2.45) is 0 Å². The standard InChI is InChI=1S/C9H17NO5S/c1-3-6-16(12,13)10-4-5-15-7-8(10)9(11)14-2/h8H,3-7H2,1-2H3. The second kappa shape index (κ2) is 5.60. The van der Waals surface area contributed by atoms with Crippen molar-refractivity contribution in [1.29, 1.82) is 0 Å². The summed E-state index contributed by atoms with van der Waals surface area (Å²) >= 11 is 0. The Kier molecular flexibility index (Phi) is 4.69. The third-order valence-electron chi connectivity index (χ3n) is 2.37. The van der Waals surface area contributed by atoms with E-state index in [1.807, 2.05) is 0 Å². The van der Waals surface area contributed by atoms with Gasteiger partial charge in [0, 0.05) is 6.54 Å². The lowest BCUT2D eigenvalue weighted by atomic mass is 10.3. The molecule has 1 unspecified atom stereocenters. The molecular formula is C9H17NO5S. The van der Waals surface area contributed by atoms with Crippen LogP contribution in [-0.4, -0.2) is 57.4 Å². The Bertz CT molecular complexity index is 340. The minimum absolute atomic E-state index is 0.0422. The van der Waals surface area contributed by atoms with Crippen LogP contribution in [0.1, 0.15) is 13.3 Å². The van der Waals surface area contributed by atoms with Crippen molar-refractivity contribution in [2.45, 2.75) is 19.4 Å². The first-order valence-electron chi connectivity index (χ1n) is 5.18. The van der Waals surface area contributed by atoms with Crippen molar-refractivity contribution in [3.63, 3.8) is 0 Å². The normalized spacial score (nSPS) is 23.0. The molecule has 0 aliphatic carbocycles. The van der Waals surface area contributed by atoms with Gasteiger partial charge in [-0.05, 0) is 6.42 Å². The summed E-state index contributed by atoms with van der Waals surface area (Å²) < 4.78 is 34.6. The molecule has 0 bridgehead atoms. The van der Waals surface area contributed by atoms with Gasteiger partial charge in [0.2, 0.25) is 10.0 Å². The third kappa shape index (κ3) is 2.93. The lowest BCUT2D eigenvalue weighted by Gasteiger charge is -2.32. The summed E-state index contributed by atoms with van der Waals surface area (Å²) in [5, 5.41) is 0. The number of carbonyl (C=O) groups excluding carboxylic acids is 1. The molecule has 1 heterocycles. The SMILES string of the molecule is CCCS(=O)(=O)N1CCOCC1C(=O)OC. The highest BCUT2D eigenvalue weighted by atomic mass is 32.2. The molecule has 16 heavy (non-hydrogen) atoms. The van der Waals surface area contributed by atoms with Crippen LogP contribution < -0.4 is 0 Å². The molecular weight excluding hydrogens is 234 g/mol. The fraction of sp³-hybridized carbons (Fsp3) is 0.889. The molecule has 1 saturated heterocycles. The highest BCUT2D eigenvalue weighted by molar-refractivity contribution is 7.89. The third-order valence-corrected chi connectivity index (χ3v) is 4.45. The second-order valence-corrected chi connectivity index (χ2v) is 5.58. The summed E-state index contributed by atoms with van der Waals surface area (Å²) in [4.78, 5) is 11.4. The molecule has 6 nitrogen and oxygen atoms in total. The maximum atomic E-state index is 11.9. The number of ether oxygens (including phenoxy) is 2. The van der Waals surface area contributed by atoms with Gasteiger partial charge in [0.15, 0.2) is 0 Å². The molecule has 1 atom stereocenters. The van der Waals surface area contributed by atoms with Crippen molar-refractivity contribution >= 4 is 16.0 Å². The Morgan fingerprint density at radius 2 is 2.25 bits per heavy atom. The lowest BCUT2D eigenvalue weighted by molar-refractivity contribution is -0.149. The first kappa shape index (κ1) is 13.4. The topological polar surface area (TPSA) is 72.9 Å². The molecule has 1 aliphatic rings. The zero-order valence-electron chi connectivity index (χ0n) is 9.51. The van der Waals surface area contributed by atoms with Crippen molar-refractivity contribution < 1.29 is 22.7 Å². The number of carbonyl (C=O) groups is 1. The van der Waals surface area contributed by atoms with Crippen molar-refractivity contribution in [3.05, 3.63) is 0 Å². The van der Waals surface area contributed by atoms with E-state index in [2.05, 4.69) is 4.74 Å². The van der Waals surface area contributed by atoms with Gasteiger partial charge in [0.05, 0.1) is 26.1 Å². The summed E-state index contributed by atoms with van der Waals surface area (Å²) in [7, 11) is -2.15. The van der Waals surface area contributed by atoms with Gasteiger partial charge in [0.25, 0.3) is 0 Å². The van der Waals surface area contributed by atoms with Gasteiger partial charge in [-0.3, -0.25) is 4.79 Å². The van der Waals surface area contributed by atoms with Crippen molar-refractivity contribution in [3.8, 4) is 0 Å². The fourth-order valence-electron chi connectivity index (χ4n) is 1.62. The maximum Gasteiger partial charge on any atom is 0.326 e. The molecule has 0 aromatic heterocycles. The molecule has 0 N–H and O–H groups in total. The Labute approximate surface area is 95.6 Å². The predicted molar refractivity (Wildman–Crippen MR) is 57.4 cm³/mol. The number of methoxy groups -OCH3 is 1. The Morgan fingerprint density at radius 1 is 1.56 bits per heavy atom. The van der Waals surface area contributed by atoms with Gasteiger partial charge in [0.1, 0.15) is 6.04 Å². The summed E-state index contributed by atoms with van der Waals surface area (Å²) in [6, 6.07) is -0.838. The maximum absolute atomic E-state index is 11.9. The molecule has 1 rings (SSSR count). The Morgan fingerprint density at radius 3 is 2.81 bits per heavy atom. The minimum atomic E-state index is -3.39. The van der Waals surface area contributed by atoms with E-state index in [-0.39, 0.29) is 18.9 Å². The number of hydrogen-bond acceptors (Lipinski definition) is 5. The van der Waals surface area contributed by atoms with Crippen LogP contribution in [-0.2, 0) is 24.3 Å². The van der Waals surface area contributed by atoms with Gasteiger partial charge < -0.3 is 9.47 Å². The van der Waals surface area contributed by atoms with E-state index in [1.54, 1.807) is 6.92 Å². The van der Waals surface area contributed by atoms with E-state index in [1.165, 1.54) is 11.4 Å². The number of esters is 1. The molecule has 1 fully saturated rings. The smallest absolute Gasteiger partial charge is 0.326 e. The van der Waals surface area contributed by atoms with E-state index in [9.17, 15) is 13.2 Å². The van der Waals surface area contributed by atoms with Crippen LogP contribution in [0.5, 0.6) is 0 Å². The largest absolute Gasteiger partial charge is 0.468 e. The van der Waals surface area contributed by atoms with Crippen LogP contribution in [0.2, 0.25) is 0 Å². The first-order chi connectivity index (χ1) is 7.53. The molecule has 1 aliphatic heterocycles. The highest BCUT2D eigenvalue weighted by Gasteiger charge is 2.37. The number of morpholine rings is 1. The first-order valence-corrected chi connectivity index (χ1v) is 6.79. The minimum Gasteiger partial charge on any atom is -0.468 e. The van der Waals surface area contributed by atoms with Crippen LogP contribution in [0.25, 0.3) is 0 Å². The molecule has 0 radical (unpaired) electrons. The molecule has 0 aromatic rings. The molecule has 0 saturated carbocycles. The summed E-state index contributed by atoms with van der Waals surface area (Å²) in [5.41, 5.74) is 0. The summed E-state index contributed by atoms with van der Waals surface area (Å²) in [6.45, 7) is 2.37. The zero-order chi connectivity index (χ0) is 12.2. The molecule has 0 amide bonds. The summed E-state index contributed by atoms with van der Waals surface area (Å²) in [6.07, 6.45) is 0.521. The van der Waals surface area contributed by atoms with E-state index < -0.39 is 22.0 Å². The lowest BCUT2D eigenvalue weighted by Crippen LogP contribution is -2.53. The van der Waals surface area contributed by atoms with Crippen LogP contribution >= 0.6 is 0 Å². The molecule has 0 spiro atoms. The predicted octanol–water partition coefficient (Wildman–Crippen LogP) is -0.400. The van der Waals surface area contributed by atoms with Crippen LogP contribution in [0.15, 0.2) is 0 Å². The number of hydrogen-bond donors (Lipinski definition) is 0. The Balaban J connectivity index is 2.86. The van der Waals surface area contributed by atoms with Gasteiger partial charge in [-0.15, -0.1) is 0 Å². The van der Waals surface area contributed by atoms with Gasteiger partial charge >= 0.3 is 5.97 Å². The Hall–Kier alpha value is -0.660. The van der Waals surface area contributed by atoms with E-state index >= 15 is 0 Å². The van der Waals surface area contributed by atoms with Crippen LogP contribution in [0, 0.1) is 0 Å². The average Bonchev–Trinajstić information content (AvgIpc) is 2.28. The van der Waals surface area contributed by atoms with Crippen LogP contribution in [0.3, 0.4) is 0 Å². The zero-order valence-corrected chi connectivity index (χ0v) is 10.3. The molecule has 7 heteroatoms. The highest BCUT2D eigenvalue weighted by Crippen LogP contribution is 2.14. The van der Waals surface area contributed by atoms with Crippen LogP contribution in [0.4, 0.5) is 0 Å². The average molecular weight is 251 g/mol. The van der Waals surface area contributed by atoms with Gasteiger partial charge in [-0.25, -0.2) is 8.42 Å². The quantitative estimate of drug-likeness (QED) is 0.636. The van der Waals surface area contributed by atoms with Gasteiger partial charge in [-0.1, -0.05) is 6.92 Å². The van der Waals surface area contributed by atoms with Gasteiger partial charge in [-0.2, -0.15) is 4.31 Å². The molecule has 94 valence electrons. The van der Waals surface area contributed by atoms with Crippen molar-refractivity contribution in [2.75, 3.05) is 32.6 Å². The number of nitrogens with zero attached hydrogens (tertiary/aromatic N) is 1. The van der Waals surface area contributed by atoms with E-state index in [0.29, 0.717) is 13.0 Å². The fourth-order valence-corrected chi connectivity index (χ4v) is 3.26. The van der Waals surface area contributed by atoms with E-state index in [0.717, 1.165) is 0 Å². The van der Waals surface area contributed by atoms with Crippen molar-refractivity contribution in [1.82, 2.24) is 4.31 Å². The monoisotopic (exact) mass is 251 g/mol. The number of sulfonamides is 1. The second-order valence-electron chi connectivity index (χ2n) is 3.54. The summed E-state index contributed by atoms with van der Waals surface area (Å²) in [5.74, 6) is -0.528. The number of rotatable bonds is 4.